The monoisotopic (exact) mass is 151 g/mol. The van der Waals surface area contributed by atoms with Crippen LogP contribution in [0.4, 0.5) is 0 Å². The molecular formula is C8H13N3. The molecule has 2 fully saturated rings. The molecule has 11 heavy (non-hydrogen) atoms. The molecule has 1 N–H and O–H groups in total. The molecule has 0 spiro atoms. The molecule has 0 aromatic carbocycles. The molecule has 0 aliphatic carbocycles. The van der Waals surface area contributed by atoms with E-state index in [4.69, 9.17) is 5.26 Å². The molecule has 2 rings (SSSR count). The molecule has 2 aliphatic heterocycles. The fourth-order valence-electron chi connectivity index (χ4n) is 2.18. The first-order valence-corrected chi connectivity index (χ1v) is 4.20. The fraction of sp³-hybridized carbons (Fsp3) is 0.875. The zero-order chi connectivity index (χ0) is 7.68. The van der Waals surface area contributed by atoms with E-state index in [0.717, 1.165) is 38.0 Å². The Hall–Kier alpha value is -0.590. The van der Waals surface area contributed by atoms with Gasteiger partial charge in [0.2, 0.25) is 0 Å². The predicted octanol–water partition coefficient (Wildman–Crippen LogP) is -0.339. The summed E-state index contributed by atoms with van der Waals surface area (Å²) in [6, 6.07) is 2.20. The van der Waals surface area contributed by atoms with Crippen molar-refractivity contribution in [2.75, 3.05) is 32.7 Å². The lowest BCUT2D eigenvalue weighted by atomic mass is 10.0. The van der Waals surface area contributed by atoms with Crippen LogP contribution < -0.4 is 5.32 Å². The van der Waals surface area contributed by atoms with Crippen LogP contribution in [0.2, 0.25) is 0 Å². The summed E-state index contributed by atoms with van der Waals surface area (Å²) in [5.74, 6) is 1.65. The lowest BCUT2D eigenvalue weighted by molar-refractivity contribution is 0.350. The molecular weight excluding hydrogens is 138 g/mol. The van der Waals surface area contributed by atoms with E-state index in [0.29, 0.717) is 6.54 Å². The predicted molar refractivity (Wildman–Crippen MR) is 41.9 cm³/mol. The van der Waals surface area contributed by atoms with Crippen molar-refractivity contribution in [3.05, 3.63) is 0 Å². The number of nitrogens with zero attached hydrogens (tertiary/aromatic N) is 2. The van der Waals surface area contributed by atoms with Crippen LogP contribution in [-0.2, 0) is 0 Å². The zero-order valence-electron chi connectivity index (χ0n) is 6.58. The maximum atomic E-state index is 8.48. The normalized spacial score (nSPS) is 37.0. The smallest absolute Gasteiger partial charge is 0.0866 e. The summed E-state index contributed by atoms with van der Waals surface area (Å²) in [6.07, 6.45) is 0. The van der Waals surface area contributed by atoms with Gasteiger partial charge in [-0.05, 0) is 24.9 Å². The fourth-order valence-corrected chi connectivity index (χ4v) is 2.18. The molecule has 0 saturated carbocycles. The second kappa shape index (κ2) is 2.80. The van der Waals surface area contributed by atoms with E-state index in [1.165, 1.54) is 0 Å². The van der Waals surface area contributed by atoms with Crippen LogP contribution in [-0.4, -0.2) is 37.6 Å². The van der Waals surface area contributed by atoms with Crippen LogP contribution in [0.25, 0.3) is 0 Å². The largest absolute Gasteiger partial charge is 0.316 e. The van der Waals surface area contributed by atoms with E-state index in [9.17, 15) is 0 Å². The minimum absolute atomic E-state index is 0.618. The van der Waals surface area contributed by atoms with Crippen molar-refractivity contribution in [3.63, 3.8) is 0 Å². The highest BCUT2D eigenvalue weighted by Crippen LogP contribution is 2.25. The van der Waals surface area contributed by atoms with Crippen molar-refractivity contribution in [2.24, 2.45) is 11.8 Å². The standard InChI is InChI=1S/C8H13N3/c9-1-2-11-5-7-3-10-4-8(7)6-11/h7-8,10H,2-6H2/t7-,8+. The molecule has 3 nitrogen and oxygen atoms in total. The number of hydrogen-bond acceptors (Lipinski definition) is 3. The SMILES string of the molecule is N#CCN1C[C@H]2CNC[C@H]2C1. The third-order valence-corrected chi connectivity index (χ3v) is 2.76. The maximum Gasteiger partial charge on any atom is 0.0866 e. The van der Waals surface area contributed by atoms with Gasteiger partial charge in [-0.1, -0.05) is 0 Å². The maximum absolute atomic E-state index is 8.48. The summed E-state index contributed by atoms with van der Waals surface area (Å²) in [4.78, 5) is 2.26. The Bertz CT molecular complexity index is 172. The molecule has 0 unspecified atom stereocenters. The Morgan fingerprint density at radius 1 is 1.36 bits per heavy atom. The first-order valence-electron chi connectivity index (χ1n) is 4.20. The summed E-state index contributed by atoms with van der Waals surface area (Å²) in [6.45, 7) is 5.20. The van der Waals surface area contributed by atoms with Gasteiger partial charge in [-0.15, -0.1) is 0 Å². The van der Waals surface area contributed by atoms with Crippen LogP contribution in [0.3, 0.4) is 0 Å². The van der Waals surface area contributed by atoms with Gasteiger partial charge in [0.05, 0.1) is 12.6 Å². The van der Waals surface area contributed by atoms with Crippen LogP contribution in [0.1, 0.15) is 0 Å². The molecule has 2 heterocycles. The van der Waals surface area contributed by atoms with Crippen molar-refractivity contribution >= 4 is 0 Å². The summed E-state index contributed by atoms with van der Waals surface area (Å²) in [7, 11) is 0. The third kappa shape index (κ3) is 1.24. The Balaban J connectivity index is 1.90. The van der Waals surface area contributed by atoms with Crippen LogP contribution >= 0.6 is 0 Å². The van der Waals surface area contributed by atoms with E-state index in [1.807, 2.05) is 0 Å². The Labute approximate surface area is 67.0 Å². The number of nitriles is 1. The summed E-state index contributed by atoms with van der Waals surface area (Å²) < 4.78 is 0. The summed E-state index contributed by atoms with van der Waals surface area (Å²) in [5.41, 5.74) is 0. The Kier molecular flexibility index (Phi) is 1.80. The molecule has 0 bridgehead atoms. The summed E-state index contributed by atoms with van der Waals surface area (Å²) >= 11 is 0. The lowest BCUT2D eigenvalue weighted by Gasteiger charge is -2.11. The van der Waals surface area contributed by atoms with Gasteiger partial charge in [0.1, 0.15) is 0 Å². The average Bonchev–Trinajstić information content (AvgIpc) is 2.46. The molecule has 0 aromatic heterocycles. The zero-order valence-corrected chi connectivity index (χ0v) is 6.58. The van der Waals surface area contributed by atoms with Gasteiger partial charge in [0.25, 0.3) is 0 Å². The van der Waals surface area contributed by atoms with Gasteiger partial charge >= 0.3 is 0 Å². The van der Waals surface area contributed by atoms with Crippen LogP contribution in [0, 0.1) is 23.2 Å². The van der Waals surface area contributed by atoms with Gasteiger partial charge in [-0.25, -0.2) is 0 Å². The van der Waals surface area contributed by atoms with Gasteiger partial charge < -0.3 is 5.32 Å². The number of fused-ring (bicyclic) bond motifs is 1. The highest BCUT2D eigenvalue weighted by molar-refractivity contribution is 4.93. The molecule has 0 aromatic rings. The van der Waals surface area contributed by atoms with E-state index in [-0.39, 0.29) is 0 Å². The number of hydrogen-bond donors (Lipinski definition) is 1. The second-order valence-corrected chi connectivity index (χ2v) is 3.53. The highest BCUT2D eigenvalue weighted by Gasteiger charge is 2.35. The average molecular weight is 151 g/mol. The van der Waals surface area contributed by atoms with Crippen molar-refractivity contribution in [1.82, 2.24) is 10.2 Å². The number of likely N-dealkylation sites (tertiary alicyclic amines) is 1. The van der Waals surface area contributed by atoms with Crippen LogP contribution in [0.15, 0.2) is 0 Å². The molecule has 2 aliphatic rings. The minimum Gasteiger partial charge on any atom is -0.316 e. The number of nitrogens with one attached hydrogen (secondary N) is 1. The quantitative estimate of drug-likeness (QED) is 0.521. The van der Waals surface area contributed by atoms with Crippen molar-refractivity contribution in [1.29, 1.82) is 5.26 Å². The molecule has 0 amide bonds. The first-order chi connectivity index (χ1) is 5.40. The number of rotatable bonds is 1. The van der Waals surface area contributed by atoms with Crippen LogP contribution in [0.5, 0.6) is 0 Å². The van der Waals surface area contributed by atoms with E-state index >= 15 is 0 Å². The van der Waals surface area contributed by atoms with Gasteiger partial charge in [0.15, 0.2) is 0 Å². The molecule has 2 atom stereocenters. The topological polar surface area (TPSA) is 39.1 Å². The summed E-state index contributed by atoms with van der Waals surface area (Å²) in [5, 5.41) is 11.9. The van der Waals surface area contributed by atoms with Gasteiger partial charge in [-0.3, -0.25) is 4.90 Å². The molecule has 2 saturated heterocycles. The van der Waals surface area contributed by atoms with E-state index in [1.54, 1.807) is 0 Å². The second-order valence-electron chi connectivity index (χ2n) is 3.53. The van der Waals surface area contributed by atoms with E-state index < -0.39 is 0 Å². The Morgan fingerprint density at radius 2 is 2.00 bits per heavy atom. The van der Waals surface area contributed by atoms with Gasteiger partial charge in [0, 0.05) is 13.1 Å². The van der Waals surface area contributed by atoms with Crippen molar-refractivity contribution in [2.45, 2.75) is 0 Å². The highest BCUT2D eigenvalue weighted by atomic mass is 15.2. The molecule has 3 heteroatoms. The Morgan fingerprint density at radius 3 is 2.55 bits per heavy atom. The van der Waals surface area contributed by atoms with Crippen molar-refractivity contribution < 1.29 is 0 Å². The van der Waals surface area contributed by atoms with Crippen molar-refractivity contribution in [3.8, 4) is 6.07 Å². The van der Waals surface area contributed by atoms with E-state index in [2.05, 4.69) is 16.3 Å². The minimum atomic E-state index is 0.618. The van der Waals surface area contributed by atoms with Gasteiger partial charge in [-0.2, -0.15) is 5.26 Å². The lowest BCUT2D eigenvalue weighted by Crippen LogP contribution is -2.25. The molecule has 60 valence electrons. The third-order valence-electron chi connectivity index (χ3n) is 2.76. The molecule has 0 radical (unpaired) electrons. The first kappa shape index (κ1) is 7.08.